The van der Waals surface area contributed by atoms with Gasteiger partial charge in [0.15, 0.2) is 0 Å². The van der Waals surface area contributed by atoms with Crippen LogP contribution in [0.5, 0.6) is 0 Å². The fourth-order valence-corrected chi connectivity index (χ4v) is 6.00. The Hall–Kier alpha value is -3.12. The number of piperidine rings is 1. The Morgan fingerprint density at radius 2 is 1.82 bits per heavy atom. The van der Waals surface area contributed by atoms with Crippen molar-refractivity contribution in [1.29, 1.82) is 0 Å². The molecular weight excluding hydrogens is 494 g/mol. The maximum atomic E-state index is 10.0. The fourth-order valence-electron chi connectivity index (χ4n) is 6.00. The Balaban J connectivity index is 1.74. The summed E-state index contributed by atoms with van der Waals surface area (Å²) in [5.74, 6) is 0.279. The number of aliphatic imine (C=N–C) groups is 2. The molecule has 0 aromatic heterocycles. The Morgan fingerprint density at radius 1 is 1.05 bits per heavy atom. The lowest BCUT2D eigenvalue weighted by Crippen LogP contribution is -2.43. The molecule has 1 aliphatic carbocycles. The number of nitrogens with one attached hydrogen (secondary N) is 1. The van der Waals surface area contributed by atoms with Crippen LogP contribution >= 0.6 is 0 Å². The second kappa shape index (κ2) is 13.5. The molecule has 6 nitrogen and oxygen atoms in total. The minimum Gasteiger partial charge on any atom is -0.393 e. The van der Waals surface area contributed by atoms with Crippen LogP contribution in [0.15, 0.2) is 70.6 Å². The lowest BCUT2D eigenvalue weighted by atomic mass is 9.78. The average molecular weight is 544 g/mol. The number of benzene rings is 1. The Kier molecular flexibility index (Phi) is 10.1. The van der Waals surface area contributed by atoms with Crippen LogP contribution in [-0.2, 0) is 6.42 Å². The minimum absolute atomic E-state index is 0.167. The summed E-state index contributed by atoms with van der Waals surface area (Å²) in [5.41, 5.74) is 10.2. The molecule has 0 radical (unpaired) electrons. The lowest BCUT2D eigenvalue weighted by Gasteiger charge is -2.39. The normalized spacial score (nSPS) is 30.6. The molecule has 40 heavy (non-hydrogen) atoms. The van der Waals surface area contributed by atoms with Gasteiger partial charge in [-0.15, -0.1) is 0 Å². The van der Waals surface area contributed by atoms with Crippen LogP contribution in [0.2, 0.25) is 0 Å². The summed E-state index contributed by atoms with van der Waals surface area (Å²) >= 11 is 0. The number of aryl methyl sites for hydroxylation is 2. The average Bonchev–Trinajstić information content (AvgIpc) is 2.92. The third kappa shape index (κ3) is 7.34. The van der Waals surface area contributed by atoms with Gasteiger partial charge in [0.2, 0.25) is 0 Å². The highest BCUT2D eigenvalue weighted by atomic mass is 16.3. The van der Waals surface area contributed by atoms with Gasteiger partial charge in [-0.1, -0.05) is 30.9 Å². The SMILES string of the molecule is C=C1CCc2ccc(C)cc2C(=C)N2CCCCC2C(=NC)/C=C(C)/N=C(C2CC(O)C2)/C=C(\C)N(C)CCN1. The Labute approximate surface area is 242 Å². The van der Waals surface area contributed by atoms with Gasteiger partial charge < -0.3 is 20.2 Å². The highest BCUT2D eigenvalue weighted by Crippen LogP contribution is 2.32. The zero-order valence-corrected chi connectivity index (χ0v) is 25.3. The van der Waals surface area contributed by atoms with Crippen LogP contribution in [0.3, 0.4) is 0 Å². The first-order valence-corrected chi connectivity index (χ1v) is 14.9. The third-order valence-corrected chi connectivity index (χ3v) is 8.70. The smallest absolute Gasteiger partial charge is 0.0709 e. The van der Waals surface area contributed by atoms with Crippen molar-refractivity contribution >= 4 is 17.1 Å². The molecule has 1 saturated heterocycles. The first-order valence-electron chi connectivity index (χ1n) is 14.9. The molecular formula is C34H49N5O. The van der Waals surface area contributed by atoms with E-state index in [1.807, 2.05) is 7.05 Å². The predicted octanol–water partition coefficient (Wildman–Crippen LogP) is 5.89. The van der Waals surface area contributed by atoms with Gasteiger partial charge in [-0.3, -0.25) is 9.98 Å². The van der Waals surface area contributed by atoms with E-state index in [1.165, 1.54) is 28.8 Å². The number of hydrogen-bond acceptors (Lipinski definition) is 6. The number of hydrogen-bond donors (Lipinski definition) is 2. The Morgan fingerprint density at radius 3 is 2.55 bits per heavy atom. The molecule has 0 bridgehead atoms. The second-order valence-electron chi connectivity index (χ2n) is 11.8. The monoisotopic (exact) mass is 543 g/mol. The van der Waals surface area contributed by atoms with E-state index >= 15 is 0 Å². The third-order valence-electron chi connectivity index (χ3n) is 8.70. The zero-order chi connectivity index (χ0) is 28.8. The molecule has 1 atom stereocenters. The molecule has 6 heteroatoms. The molecule has 216 valence electrons. The zero-order valence-electron chi connectivity index (χ0n) is 25.3. The molecule has 2 heterocycles. The fraction of sp³-hybridized carbons (Fsp3) is 0.529. The van der Waals surface area contributed by atoms with E-state index in [-0.39, 0.29) is 18.1 Å². The molecule has 3 aliphatic rings. The van der Waals surface area contributed by atoms with E-state index in [1.54, 1.807) is 0 Å². The highest BCUT2D eigenvalue weighted by molar-refractivity contribution is 6.02. The number of allylic oxidation sites excluding steroid dienone is 4. The van der Waals surface area contributed by atoms with Crippen molar-refractivity contribution in [3.63, 3.8) is 0 Å². The molecule has 2 aliphatic heterocycles. The molecule has 4 rings (SSSR count). The van der Waals surface area contributed by atoms with Crippen molar-refractivity contribution in [3.8, 4) is 0 Å². The summed E-state index contributed by atoms with van der Waals surface area (Å²) in [6, 6.07) is 6.93. The van der Waals surface area contributed by atoms with E-state index < -0.39 is 0 Å². The molecule has 2 N–H and O–H groups in total. The summed E-state index contributed by atoms with van der Waals surface area (Å²) in [7, 11) is 4.02. The van der Waals surface area contributed by atoms with E-state index in [2.05, 4.69) is 86.4 Å². The van der Waals surface area contributed by atoms with E-state index in [0.29, 0.717) is 0 Å². The Bertz CT molecular complexity index is 1220. The first kappa shape index (κ1) is 29.9. The van der Waals surface area contributed by atoms with Crippen LogP contribution in [0.1, 0.15) is 69.1 Å². The molecule has 0 spiro atoms. The molecule has 1 unspecified atom stereocenters. The minimum atomic E-state index is -0.225. The largest absolute Gasteiger partial charge is 0.393 e. The van der Waals surface area contributed by atoms with Gasteiger partial charge in [0.25, 0.3) is 0 Å². The maximum absolute atomic E-state index is 10.0. The van der Waals surface area contributed by atoms with Crippen molar-refractivity contribution < 1.29 is 5.11 Å². The van der Waals surface area contributed by atoms with Crippen molar-refractivity contribution in [2.24, 2.45) is 15.9 Å². The van der Waals surface area contributed by atoms with Crippen LogP contribution in [0.4, 0.5) is 0 Å². The van der Waals surface area contributed by atoms with Crippen LogP contribution in [0, 0.1) is 12.8 Å². The van der Waals surface area contributed by atoms with Gasteiger partial charge in [0, 0.05) is 73.7 Å². The quantitative estimate of drug-likeness (QED) is 0.464. The first-order chi connectivity index (χ1) is 19.2. The molecule has 1 aromatic rings. The number of rotatable bonds is 1. The summed E-state index contributed by atoms with van der Waals surface area (Å²) < 4.78 is 0. The number of aliphatic hydroxyl groups is 1. The summed E-state index contributed by atoms with van der Waals surface area (Å²) in [6.07, 6.45) is 10.9. The van der Waals surface area contributed by atoms with Gasteiger partial charge in [-0.25, -0.2) is 0 Å². The van der Waals surface area contributed by atoms with Crippen molar-refractivity contribution in [2.75, 3.05) is 33.7 Å². The summed E-state index contributed by atoms with van der Waals surface area (Å²) in [4.78, 5) is 14.6. The second-order valence-corrected chi connectivity index (χ2v) is 11.8. The molecule has 1 aromatic carbocycles. The summed E-state index contributed by atoms with van der Waals surface area (Å²) in [6.45, 7) is 18.0. The van der Waals surface area contributed by atoms with Crippen molar-refractivity contribution in [3.05, 3.63) is 77.3 Å². The molecule has 2 fully saturated rings. The van der Waals surface area contributed by atoms with Gasteiger partial charge in [-0.05, 0) is 89.5 Å². The number of aliphatic hydroxyl groups excluding tert-OH is 1. The number of likely N-dealkylation sites (N-methyl/N-ethyl adjacent to an activating group) is 1. The van der Waals surface area contributed by atoms with Gasteiger partial charge in [0.1, 0.15) is 0 Å². The number of nitrogens with zero attached hydrogens (tertiary/aromatic N) is 4. The van der Waals surface area contributed by atoms with Crippen LogP contribution in [-0.4, -0.2) is 72.2 Å². The van der Waals surface area contributed by atoms with Crippen molar-refractivity contribution in [2.45, 2.75) is 77.9 Å². The van der Waals surface area contributed by atoms with Gasteiger partial charge in [0.05, 0.1) is 17.9 Å². The molecule has 1 saturated carbocycles. The molecule has 0 amide bonds. The van der Waals surface area contributed by atoms with E-state index in [0.717, 1.165) is 86.7 Å². The van der Waals surface area contributed by atoms with Gasteiger partial charge in [-0.2, -0.15) is 0 Å². The van der Waals surface area contributed by atoms with E-state index in [4.69, 9.17) is 9.98 Å². The highest BCUT2D eigenvalue weighted by Gasteiger charge is 2.31. The topological polar surface area (TPSA) is 63.5 Å². The van der Waals surface area contributed by atoms with Crippen molar-refractivity contribution in [1.82, 2.24) is 15.1 Å². The lowest BCUT2D eigenvalue weighted by molar-refractivity contribution is 0.0704. The predicted molar refractivity (Wildman–Crippen MR) is 170 cm³/mol. The summed E-state index contributed by atoms with van der Waals surface area (Å²) in [5, 5.41) is 13.6. The van der Waals surface area contributed by atoms with Crippen LogP contribution < -0.4 is 5.32 Å². The number of fused-ring (bicyclic) bond motifs is 2. The van der Waals surface area contributed by atoms with Gasteiger partial charge >= 0.3 is 0 Å². The maximum Gasteiger partial charge on any atom is 0.0709 e. The van der Waals surface area contributed by atoms with Crippen LogP contribution in [0.25, 0.3) is 5.70 Å². The van der Waals surface area contributed by atoms with E-state index in [9.17, 15) is 5.11 Å². The standard InChI is InChI=1S/C34H49N5O/c1-23-11-13-28-14-12-24(2)36-15-17-38(7)26(4)20-32(29-21-30(40)22-29)37-25(3)19-33(35-6)34-10-8-9-16-39(34)27(5)31(28)18-23/h11,13,18-20,29-30,34,36,40H,2,5,8-10,12,14-17,21-22H2,1,3-4,6-7H3/b25-19+,26-20+,35-33?,37-32-.